The highest BCUT2D eigenvalue weighted by Crippen LogP contribution is 2.19. The number of rotatable bonds is 6. The van der Waals surface area contributed by atoms with Crippen LogP contribution in [0.3, 0.4) is 0 Å². The van der Waals surface area contributed by atoms with E-state index in [9.17, 15) is 4.21 Å². The fourth-order valence-electron chi connectivity index (χ4n) is 1.34. The van der Waals surface area contributed by atoms with Crippen LogP contribution in [0.5, 0.6) is 0 Å². The predicted octanol–water partition coefficient (Wildman–Crippen LogP) is 2.17. The molecule has 2 atom stereocenters. The molecule has 0 aromatic carbocycles. The highest BCUT2D eigenvalue weighted by Gasteiger charge is 2.24. The Hall–Kier alpha value is 0.110. The van der Waals surface area contributed by atoms with Gasteiger partial charge in [0, 0.05) is 28.3 Å². The van der Waals surface area contributed by atoms with Gasteiger partial charge in [0.2, 0.25) is 0 Å². The molecular formula is C11H25NOS. The molecule has 0 rings (SSSR count). The Morgan fingerprint density at radius 2 is 1.93 bits per heavy atom. The average Bonchev–Trinajstić information content (AvgIpc) is 2.08. The third-order valence-electron chi connectivity index (χ3n) is 2.47. The van der Waals surface area contributed by atoms with E-state index in [0.717, 1.165) is 24.3 Å². The summed E-state index contributed by atoms with van der Waals surface area (Å²) in [6.45, 7) is 8.69. The van der Waals surface area contributed by atoms with E-state index in [1.807, 2.05) is 7.05 Å². The van der Waals surface area contributed by atoms with Crippen LogP contribution in [0.25, 0.3) is 0 Å². The minimum atomic E-state index is -0.659. The standard InChI is InChI=1S/C11H25NOS/c1-6-7-8-14(13)9-10(12-5)11(2,3)4/h10,12H,6-9H2,1-5H3. The van der Waals surface area contributed by atoms with E-state index in [1.54, 1.807) is 0 Å². The van der Waals surface area contributed by atoms with Crippen molar-refractivity contribution in [2.75, 3.05) is 18.6 Å². The number of hydrogen-bond donors (Lipinski definition) is 1. The van der Waals surface area contributed by atoms with Crippen LogP contribution in [0.1, 0.15) is 40.5 Å². The van der Waals surface area contributed by atoms with E-state index in [4.69, 9.17) is 0 Å². The largest absolute Gasteiger partial charge is 0.316 e. The van der Waals surface area contributed by atoms with Gasteiger partial charge in [-0.1, -0.05) is 34.1 Å². The summed E-state index contributed by atoms with van der Waals surface area (Å²) in [7, 11) is 1.29. The smallest absolute Gasteiger partial charge is 0.0393 e. The zero-order valence-electron chi connectivity index (χ0n) is 10.2. The summed E-state index contributed by atoms with van der Waals surface area (Å²) in [5, 5.41) is 3.26. The van der Waals surface area contributed by atoms with Crippen molar-refractivity contribution >= 4 is 10.8 Å². The van der Waals surface area contributed by atoms with Gasteiger partial charge in [-0.05, 0) is 18.9 Å². The Kier molecular flexibility index (Phi) is 6.62. The third kappa shape index (κ3) is 5.76. The van der Waals surface area contributed by atoms with Crippen LogP contribution < -0.4 is 5.32 Å². The molecule has 0 heterocycles. The maximum absolute atomic E-state index is 11.7. The molecule has 0 aliphatic carbocycles. The summed E-state index contributed by atoms with van der Waals surface area (Å²) in [5.74, 6) is 1.63. The molecule has 0 aliphatic rings. The first-order chi connectivity index (χ1) is 6.41. The summed E-state index contributed by atoms with van der Waals surface area (Å²) >= 11 is 0. The van der Waals surface area contributed by atoms with Gasteiger partial charge in [0.25, 0.3) is 0 Å². The maximum Gasteiger partial charge on any atom is 0.0393 e. The highest BCUT2D eigenvalue weighted by atomic mass is 32.2. The second-order valence-electron chi connectivity index (χ2n) is 4.87. The summed E-state index contributed by atoms with van der Waals surface area (Å²) in [5.41, 5.74) is 0.191. The molecule has 2 nitrogen and oxygen atoms in total. The first-order valence-corrected chi connectivity index (χ1v) is 6.92. The Balaban J connectivity index is 4.00. The van der Waals surface area contributed by atoms with Crippen LogP contribution in [0, 0.1) is 5.41 Å². The molecule has 3 heteroatoms. The van der Waals surface area contributed by atoms with Crippen molar-refractivity contribution in [3.05, 3.63) is 0 Å². The molecule has 0 saturated carbocycles. The van der Waals surface area contributed by atoms with Gasteiger partial charge < -0.3 is 5.32 Å². The van der Waals surface area contributed by atoms with Crippen LogP contribution >= 0.6 is 0 Å². The Morgan fingerprint density at radius 1 is 1.36 bits per heavy atom. The normalized spacial score (nSPS) is 16.6. The van der Waals surface area contributed by atoms with Crippen molar-refractivity contribution in [3.8, 4) is 0 Å². The van der Waals surface area contributed by atoms with Crippen LogP contribution in [-0.4, -0.2) is 28.8 Å². The summed E-state index contributed by atoms with van der Waals surface area (Å²) < 4.78 is 11.7. The lowest BCUT2D eigenvalue weighted by molar-refractivity contribution is 0.304. The van der Waals surface area contributed by atoms with Crippen LogP contribution in [0.15, 0.2) is 0 Å². The van der Waals surface area contributed by atoms with Gasteiger partial charge in [-0.15, -0.1) is 0 Å². The zero-order valence-corrected chi connectivity index (χ0v) is 11.0. The van der Waals surface area contributed by atoms with Crippen LogP contribution in [-0.2, 0) is 10.8 Å². The Bertz CT molecular complexity index is 175. The fourth-order valence-corrected chi connectivity index (χ4v) is 3.16. The van der Waals surface area contributed by atoms with Crippen molar-refractivity contribution in [3.63, 3.8) is 0 Å². The lowest BCUT2D eigenvalue weighted by atomic mass is 9.88. The van der Waals surface area contributed by atoms with Crippen molar-refractivity contribution in [2.45, 2.75) is 46.6 Å². The SMILES string of the molecule is CCCCS(=O)CC(NC)C(C)(C)C. The van der Waals surface area contributed by atoms with Crippen molar-refractivity contribution in [1.29, 1.82) is 0 Å². The van der Waals surface area contributed by atoms with Crippen molar-refractivity contribution in [1.82, 2.24) is 5.32 Å². The first-order valence-electron chi connectivity index (χ1n) is 5.44. The molecule has 2 unspecified atom stereocenters. The van der Waals surface area contributed by atoms with Gasteiger partial charge in [0.1, 0.15) is 0 Å². The maximum atomic E-state index is 11.7. The average molecular weight is 219 g/mol. The van der Waals surface area contributed by atoms with E-state index in [1.165, 1.54) is 0 Å². The Morgan fingerprint density at radius 3 is 2.29 bits per heavy atom. The summed E-state index contributed by atoms with van der Waals surface area (Å²) in [6.07, 6.45) is 2.21. The second kappa shape index (κ2) is 6.57. The summed E-state index contributed by atoms with van der Waals surface area (Å²) in [4.78, 5) is 0. The van der Waals surface area contributed by atoms with Crippen molar-refractivity contribution < 1.29 is 4.21 Å². The second-order valence-corrected chi connectivity index (χ2v) is 6.49. The molecule has 0 aromatic rings. The van der Waals surface area contributed by atoms with Gasteiger partial charge in [-0.3, -0.25) is 4.21 Å². The molecular weight excluding hydrogens is 194 g/mol. The number of nitrogens with one attached hydrogen (secondary N) is 1. The molecule has 0 aromatic heterocycles. The first kappa shape index (κ1) is 14.1. The summed E-state index contributed by atoms with van der Waals surface area (Å²) in [6, 6.07) is 0.347. The lowest BCUT2D eigenvalue weighted by Crippen LogP contribution is -2.42. The monoisotopic (exact) mass is 219 g/mol. The molecule has 86 valence electrons. The predicted molar refractivity (Wildman–Crippen MR) is 65.1 cm³/mol. The van der Waals surface area contributed by atoms with E-state index in [0.29, 0.717) is 6.04 Å². The van der Waals surface area contributed by atoms with Gasteiger partial charge in [0.05, 0.1) is 0 Å². The van der Waals surface area contributed by atoms with Gasteiger partial charge in [-0.25, -0.2) is 0 Å². The molecule has 1 N–H and O–H groups in total. The highest BCUT2D eigenvalue weighted by molar-refractivity contribution is 7.85. The van der Waals surface area contributed by atoms with E-state index in [-0.39, 0.29) is 5.41 Å². The minimum absolute atomic E-state index is 0.191. The van der Waals surface area contributed by atoms with Gasteiger partial charge in [0.15, 0.2) is 0 Å². The molecule has 0 saturated heterocycles. The third-order valence-corrected chi connectivity index (χ3v) is 3.92. The topological polar surface area (TPSA) is 29.1 Å². The molecule has 0 aliphatic heterocycles. The lowest BCUT2D eigenvalue weighted by Gasteiger charge is -2.30. The Labute approximate surface area is 91.3 Å². The molecule has 0 radical (unpaired) electrons. The van der Waals surface area contributed by atoms with Gasteiger partial charge >= 0.3 is 0 Å². The van der Waals surface area contributed by atoms with E-state index in [2.05, 4.69) is 33.0 Å². The van der Waals surface area contributed by atoms with E-state index >= 15 is 0 Å². The van der Waals surface area contributed by atoms with Crippen molar-refractivity contribution in [2.24, 2.45) is 5.41 Å². The molecule has 0 amide bonds. The molecule has 0 fully saturated rings. The van der Waals surface area contributed by atoms with Gasteiger partial charge in [-0.2, -0.15) is 0 Å². The number of hydrogen-bond acceptors (Lipinski definition) is 2. The van der Waals surface area contributed by atoms with E-state index < -0.39 is 10.8 Å². The van der Waals surface area contributed by atoms with Crippen LogP contribution in [0.4, 0.5) is 0 Å². The molecule has 0 bridgehead atoms. The minimum Gasteiger partial charge on any atom is -0.316 e. The molecule has 0 spiro atoms. The molecule has 14 heavy (non-hydrogen) atoms. The zero-order chi connectivity index (χ0) is 11.2. The fraction of sp³-hybridized carbons (Fsp3) is 1.00. The number of unbranched alkanes of at least 4 members (excludes halogenated alkanes) is 1. The van der Waals surface area contributed by atoms with Crippen LogP contribution in [0.2, 0.25) is 0 Å². The quantitative estimate of drug-likeness (QED) is 0.742.